The maximum atomic E-state index is 7.39. The fourth-order valence-corrected chi connectivity index (χ4v) is 13.8. The second-order valence-corrected chi connectivity index (χ2v) is 21.4. The van der Waals surface area contributed by atoms with Gasteiger partial charge in [0.25, 0.3) is 0 Å². The summed E-state index contributed by atoms with van der Waals surface area (Å²) in [6.07, 6.45) is 19.6. The number of hydrogen-bond acceptors (Lipinski definition) is 6. The quantitative estimate of drug-likeness (QED) is 0.127. The number of furan rings is 2. The lowest BCUT2D eigenvalue weighted by molar-refractivity contribution is -0.00475. The van der Waals surface area contributed by atoms with E-state index in [9.17, 15) is 0 Å². The molecular weight excluding hydrogens is 885 g/mol. The van der Waals surface area contributed by atoms with Crippen molar-refractivity contribution in [1.29, 1.82) is 0 Å². The van der Waals surface area contributed by atoms with Crippen LogP contribution in [0.2, 0.25) is 0 Å². The van der Waals surface area contributed by atoms with Gasteiger partial charge in [-0.1, -0.05) is 84.9 Å². The molecule has 4 heterocycles. The van der Waals surface area contributed by atoms with Gasteiger partial charge >= 0.3 is 0 Å². The van der Waals surface area contributed by atoms with Gasteiger partial charge in [-0.3, -0.25) is 0 Å². The Kier molecular flexibility index (Phi) is 11.4. The van der Waals surface area contributed by atoms with Crippen LogP contribution in [0.1, 0.15) is 77.0 Å². The van der Waals surface area contributed by atoms with Gasteiger partial charge in [0.15, 0.2) is 0 Å². The molecule has 0 N–H and O–H groups in total. The number of allylic oxidation sites excluding steroid dienone is 2. The first-order valence-electron chi connectivity index (χ1n) is 26.9. The van der Waals surface area contributed by atoms with Gasteiger partial charge in [0.2, 0.25) is 0 Å². The Morgan fingerprint density at radius 1 is 0.458 bits per heavy atom. The zero-order valence-corrected chi connectivity index (χ0v) is 41.0. The monoisotopic (exact) mass is 946 g/mol. The van der Waals surface area contributed by atoms with Crippen LogP contribution < -0.4 is 9.80 Å². The van der Waals surface area contributed by atoms with Crippen LogP contribution in [0, 0.1) is 17.8 Å². The summed E-state index contributed by atoms with van der Waals surface area (Å²) in [6.45, 7) is 0. The fourth-order valence-electron chi connectivity index (χ4n) is 13.8. The number of anilines is 4. The van der Waals surface area contributed by atoms with Gasteiger partial charge in [-0.2, -0.15) is 0 Å². The molecule has 4 aliphatic carbocycles. The Bertz CT molecular complexity index is 3260. The molecular formula is C66H62N2O4. The number of para-hydroxylation sites is 4. The Labute approximate surface area is 423 Å². The molecule has 360 valence electrons. The van der Waals surface area contributed by atoms with Crippen LogP contribution in [0.3, 0.4) is 0 Å². The van der Waals surface area contributed by atoms with Crippen LogP contribution >= 0.6 is 0 Å². The van der Waals surface area contributed by atoms with E-state index in [1.165, 1.54) is 59.7 Å². The van der Waals surface area contributed by atoms with Crippen molar-refractivity contribution in [3.05, 3.63) is 204 Å². The van der Waals surface area contributed by atoms with Crippen molar-refractivity contribution < 1.29 is 18.3 Å². The number of nitrogens with zero attached hydrogens (tertiary/aromatic N) is 2. The molecule has 0 bridgehead atoms. The molecule has 6 aromatic carbocycles. The topological polar surface area (TPSA) is 51.2 Å². The minimum absolute atomic E-state index is 0.194. The molecule has 4 unspecified atom stereocenters. The highest BCUT2D eigenvalue weighted by Crippen LogP contribution is 2.56. The van der Waals surface area contributed by atoms with Crippen molar-refractivity contribution in [2.24, 2.45) is 17.8 Å². The largest absolute Gasteiger partial charge is 0.456 e. The number of fused-ring (bicyclic) bond motifs is 7. The molecule has 6 aliphatic rings. The molecule has 8 aromatic rings. The zero-order chi connectivity index (χ0) is 47.5. The summed E-state index contributed by atoms with van der Waals surface area (Å²) in [7, 11) is 0. The molecule has 8 atom stereocenters. The first-order valence-corrected chi connectivity index (χ1v) is 26.9. The molecule has 14 rings (SSSR count). The van der Waals surface area contributed by atoms with Gasteiger partial charge in [-0.05, 0) is 209 Å². The van der Waals surface area contributed by atoms with Gasteiger partial charge in [-0.25, -0.2) is 0 Å². The second kappa shape index (κ2) is 18.6. The van der Waals surface area contributed by atoms with Gasteiger partial charge in [-0.15, -0.1) is 0 Å². The highest BCUT2D eigenvalue weighted by Gasteiger charge is 2.55. The number of benzene rings is 6. The maximum Gasteiger partial charge on any atom is 0.135 e. The third-order valence-corrected chi connectivity index (χ3v) is 17.4. The summed E-state index contributed by atoms with van der Waals surface area (Å²) in [5.41, 5.74) is 15.0. The molecule has 0 spiro atoms. The average molecular weight is 947 g/mol. The van der Waals surface area contributed by atoms with E-state index in [2.05, 4.69) is 168 Å². The van der Waals surface area contributed by atoms with Gasteiger partial charge < -0.3 is 28.1 Å². The van der Waals surface area contributed by atoms with Crippen LogP contribution in [0.25, 0.3) is 44.6 Å². The zero-order valence-electron chi connectivity index (χ0n) is 41.0. The molecule has 2 saturated heterocycles. The van der Waals surface area contributed by atoms with E-state index in [-0.39, 0.29) is 24.4 Å². The number of rotatable bonds is 10. The molecule has 0 saturated carbocycles. The van der Waals surface area contributed by atoms with E-state index in [1.807, 2.05) is 24.3 Å². The number of hydrogen-bond donors (Lipinski definition) is 0. The smallest absolute Gasteiger partial charge is 0.135 e. The van der Waals surface area contributed by atoms with Crippen LogP contribution in [0.5, 0.6) is 0 Å². The molecule has 2 fully saturated rings. The Hall–Kier alpha value is -6.86. The lowest BCUT2D eigenvalue weighted by Gasteiger charge is -2.40. The molecule has 6 heteroatoms. The number of ether oxygens (including phenoxy) is 2. The Morgan fingerprint density at radius 2 is 1.01 bits per heavy atom. The minimum Gasteiger partial charge on any atom is -0.456 e. The van der Waals surface area contributed by atoms with Gasteiger partial charge in [0.1, 0.15) is 22.7 Å². The standard InChI is InChI=1S/C66H62N2O4/c1-3-15-49(16-4-1)67(51-31-23-43(24-32-51)61-39-47-13-7-11-21-59(47)69-61)53-35-27-45(28-36-53)63-41-57-58-42-64(72-66(58)56-20-10-9-19-55(56)65(57)71-63)46-29-37-54(38-30-46)68(50-17-5-2-6-18-50)52-33-25-44(26-34-52)62-40-48-14-8-12-22-60(48)70-62/h1-8,11-18,21-27,31-34,37,39-40,46,53,57-58,63-66H,9-10,19-20,28-30,35-36,38,41-42H2/t46-,53?,57?,58?,63?,64+,65-,66+/m1/s1. The van der Waals surface area contributed by atoms with Gasteiger partial charge in [0, 0.05) is 56.4 Å². The summed E-state index contributed by atoms with van der Waals surface area (Å²) < 4.78 is 27.2. The summed E-state index contributed by atoms with van der Waals surface area (Å²) >= 11 is 0. The first kappa shape index (κ1) is 43.9. The predicted molar refractivity (Wildman–Crippen MR) is 291 cm³/mol. The van der Waals surface area contributed by atoms with E-state index in [1.54, 1.807) is 11.1 Å². The van der Waals surface area contributed by atoms with Gasteiger partial charge in [0.05, 0.1) is 24.4 Å². The van der Waals surface area contributed by atoms with Crippen molar-refractivity contribution in [2.45, 2.75) is 108 Å². The lowest BCUT2D eigenvalue weighted by Crippen LogP contribution is -2.39. The highest BCUT2D eigenvalue weighted by atomic mass is 16.5. The van der Waals surface area contributed by atoms with Crippen molar-refractivity contribution in [3.63, 3.8) is 0 Å². The summed E-state index contributed by atoms with van der Waals surface area (Å²) in [6, 6.07) is 60.8. The predicted octanol–water partition coefficient (Wildman–Crippen LogP) is 17.1. The van der Waals surface area contributed by atoms with Crippen molar-refractivity contribution in [3.8, 4) is 22.6 Å². The summed E-state index contributed by atoms with van der Waals surface area (Å²) in [5.74, 6) is 3.38. The SMILES string of the molecule is C1=C(C2CC3C4C[C@@H]([C@@H]5CC=C(N(c6ccccc6)c6ccc(-c7cc8ccccc8o7)cc6)CC5)O[C@H]4C4=C(CCCC4)[C@H]3O2)CCC(N(c2ccccc2)c2ccc(-c3cc4ccccc4o3)cc2)C1. The Morgan fingerprint density at radius 3 is 1.61 bits per heavy atom. The highest BCUT2D eigenvalue weighted by molar-refractivity contribution is 5.84. The summed E-state index contributed by atoms with van der Waals surface area (Å²) in [5, 5.41) is 2.26. The molecule has 0 radical (unpaired) electrons. The van der Waals surface area contributed by atoms with E-state index >= 15 is 0 Å². The van der Waals surface area contributed by atoms with Crippen molar-refractivity contribution >= 4 is 44.7 Å². The first-order chi connectivity index (χ1) is 35.6. The second-order valence-electron chi connectivity index (χ2n) is 21.4. The minimum atomic E-state index is 0.194. The average Bonchev–Trinajstić information content (AvgIpc) is 4.28. The fraction of sp³-hybridized carbons (Fsp3) is 0.303. The maximum absolute atomic E-state index is 7.39. The Balaban J connectivity index is 0.673. The third kappa shape index (κ3) is 8.04. The molecule has 0 amide bonds. The molecule has 6 nitrogen and oxygen atoms in total. The van der Waals surface area contributed by atoms with E-state index in [4.69, 9.17) is 18.3 Å². The van der Waals surface area contributed by atoms with Crippen LogP contribution in [0.4, 0.5) is 22.7 Å². The van der Waals surface area contributed by atoms with E-state index < -0.39 is 0 Å². The van der Waals surface area contributed by atoms with Crippen molar-refractivity contribution in [2.75, 3.05) is 9.80 Å². The normalized spacial score (nSPS) is 25.9. The third-order valence-electron chi connectivity index (χ3n) is 17.4. The molecule has 2 aliphatic heterocycles. The van der Waals surface area contributed by atoms with E-state index in [0.717, 1.165) is 96.0 Å². The molecule has 72 heavy (non-hydrogen) atoms. The van der Waals surface area contributed by atoms with Crippen LogP contribution in [0.15, 0.2) is 213 Å². The van der Waals surface area contributed by atoms with Crippen molar-refractivity contribution in [1.82, 2.24) is 0 Å². The molecule has 2 aromatic heterocycles. The van der Waals surface area contributed by atoms with E-state index in [0.29, 0.717) is 23.8 Å². The summed E-state index contributed by atoms with van der Waals surface area (Å²) in [4.78, 5) is 5.03. The van der Waals surface area contributed by atoms with Crippen LogP contribution in [-0.4, -0.2) is 30.5 Å². The van der Waals surface area contributed by atoms with Crippen LogP contribution in [-0.2, 0) is 9.47 Å². The lowest BCUT2D eigenvalue weighted by atomic mass is 9.67.